The zero-order valence-electron chi connectivity index (χ0n) is 17.5. The topological polar surface area (TPSA) is 88.5 Å². The number of benzene rings is 2. The maximum absolute atomic E-state index is 14.6. The first-order valence-electron chi connectivity index (χ1n) is 10.5. The van der Waals surface area contributed by atoms with Crippen molar-refractivity contribution in [3.8, 4) is 5.75 Å². The van der Waals surface area contributed by atoms with E-state index in [0.717, 1.165) is 5.56 Å². The number of aliphatic hydroxyl groups is 1. The van der Waals surface area contributed by atoms with Gasteiger partial charge in [-0.15, -0.1) is 0 Å². The van der Waals surface area contributed by atoms with Crippen LogP contribution in [-0.2, 0) is 20.9 Å². The number of halogens is 1. The van der Waals surface area contributed by atoms with Crippen molar-refractivity contribution in [2.45, 2.75) is 25.2 Å². The first kappa shape index (κ1) is 22.0. The minimum atomic E-state index is -0.628. The molecule has 9 heteroatoms. The van der Waals surface area contributed by atoms with Crippen molar-refractivity contribution in [3.05, 3.63) is 59.9 Å². The predicted octanol–water partition coefficient (Wildman–Crippen LogP) is 2.34. The molecule has 2 aromatic carbocycles. The minimum absolute atomic E-state index is 0.0224. The number of carbonyl (C=O) groups excluding carboxylic acids is 2. The first-order chi connectivity index (χ1) is 15.5. The summed E-state index contributed by atoms with van der Waals surface area (Å²) in [7, 11) is 0. The lowest BCUT2D eigenvalue weighted by atomic mass is 10.2. The molecule has 2 amide bonds. The molecule has 4 rings (SSSR count). The molecular weight excluding hydrogens is 419 g/mol. The SMILES string of the molecule is O=C(COCc1ccccc1)N1CCC(Oc2ccc(N3C[C@H](CO)OC3=O)cc2F)C1. The predicted molar refractivity (Wildman–Crippen MR) is 113 cm³/mol. The van der Waals surface area contributed by atoms with Crippen molar-refractivity contribution in [3.63, 3.8) is 0 Å². The highest BCUT2D eigenvalue weighted by atomic mass is 19.1. The van der Waals surface area contributed by atoms with Crippen LogP contribution in [0.5, 0.6) is 5.75 Å². The van der Waals surface area contributed by atoms with Crippen molar-refractivity contribution in [1.29, 1.82) is 0 Å². The van der Waals surface area contributed by atoms with Gasteiger partial charge in [0.2, 0.25) is 5.91 Å². The fourth-order valence-corrected chi connectivity index (χ4v) is 3.73. The molecule has 32 heavy (non-hydrogen) atoms. The van der Waals surface area contributed by atoms with Crippen LogP contribution in [0.25, 0.3) is 0 Å². The van der Waals surface area contributed by atoms with E-state index in [4.69, 9.17) is 19.3 Å². The molecule has 1 N–H and O–H groups in total. The standard InChI is InChI=1S/C23H25FN2O6/c24-20-10-17(26-12-19(13-27)32-23(26)29)6-7-21(20)31-18-8-9-25(11-18)22(28)15-30-14-16-4-2-1-3-5-16/h1-7,10,18-19,27H,8-9,11-15H2/t18?,19-/m1/s1. The number of nitrogens with zero attached hydrogens (tertiary/aromatic N) is 2. The summed E-state index contributed by atoms with van der Waals surface area (Å²) >= 11 is 0. The molecule has 2 saturated heterocycles. The van der Waals surface area contributed by atoms with Crippen molar-refractivity contribution < 1.29 is 33.3 Å². The number of cyclic esters (lactones) is 1. The average Bonchev–Trinajstić information content (AvgIpc) is 3.42. The summed E-state index contributed by atoms with van der Waals surface area (Å²) in [6.07, 6.45) is -0.997. The lowest BCUT2D eigenvalue weighted by Gasteiger charge is -2.18. The van der Waals surface area contributed by atoms with Crippen LogP contribution in [0.2, 0.25) is 0 Å². The van der Waals surface area contributed by atoms with Gasteiger partial charge in [-0.3, -0.25) is 9.69 Å². The number of amides is 2. The van der Waals surface area contributed by atoms with Crippen molar-refractivity contribution in [1.82, 2.24) is 4.90 Å². The Morgan fingerprint density at radius 2 is 2.00 bits per heavy atom. The van der Waals surface area contributed by atoms with Gasteiger partial charge in [0.15, 0.2) is 11.6 Å². The largest absolute Gasteiger partial charge is 0.485 e. The Balaban J connectivity index is 1.27. The van der Waals surface area contributed by atoms with Crippen LogP contribution < -0.4 is 9.64 Å². The second-order valence-electron chi connectivity index (χ2n) is 7.76. The monoisotopic (exact) mass is 444 g/mol. The van der Waals surface area contributed by atoms with E-state index in [1.165, 1.54) is 17.0 Å². The van der Waals surface area contributed by atoms with Crippen LogP contribution in [0.4, 0.5) is 14.9 Å². The third kappa shape index (κ3) is 5.17. The van der Waals surface area contributed by atoms with E-state index in [2.05, 4.69) is 0 Å². The lowest BCUT2D eigenvalue weighted by Crippen LogP contribution is -2.33. The molecule has 2 aliphatic rings. The highest BCUT2D eigenvalue weighted by Crippen LogP contribution is 2.28. The molecule has 2 heterocycles. The average molecular weight is 444 g/mol. The molecule has 2 fully saturated rings. The molecule has 2 atom stereocenters. The Kier molecular flexibility index (Phi) is 6.87. The molecule has 1 unspecified atom stereocenters. The van der Waals surface area contributed by atoms with Gasteiger partial charge in [0.1, 0.15) is 18.8 Å². The molecule has 0 aliphatic carbocycles. The summed E-state index contributed by atoms with van der Waals surface area (Å²) in [5, 5.41) is 9.13. The Bertz CT molecular complexity index is 957. The number of carbonyl (C=O) groups is 2. The van der Waals surface area contributed by atoms with E-state index in [1.54, 1.807) is 11.0 Å². The van der Waals surface area contributed by atoms with Crippen molar-refractivity contribution in [2.24, 2.45) is 0 Å². The number of rotatable bonds is 8. The zero-order valence-corrected chi connectivity index (χ0v) is 17.5. The zero-order chi connectivity index (χ0) is 22.5. The van der Waals surface area contributed by atoms with Gasteiger partial charge in [0.25, 0.3) is 0 Å². The van der Waals surface area contributed by atoms with Crippen molar-refractivity contribution >= 4 is 17.7 Å². The number of ether oxygens (including phenoxy) is 3. The van der Waals surface area contributed by atoms with Gasteiger partial charge in [-0.25, -0.2) is 9.18 Å². The van der Waals surface area contributed by atoms with Gasteiger partial charge >= 0.3 is 6.09 Å². The third-order valence-electron chi connectivity index (χ3n) is 5.43. The van der Waals surface area contributed by atoms with Crippen molar-refractivity contribution in [2.75, 3.05) is 37.7 Å². The van der Waals surface area contributed by atoms with Crippen LogP contribution in [0.15, 0.2) is 48.5 Å². The van der Waals surface area contributed by atoms with Crippen LogP contribution in [0, 0.1) is 5.82 Å². The molecular formula is C23H25FN2O6. The minimum Gasteiger partial charge on any atom is -0.485 e. The molecule has 0 aromatic heterocycles. The highest BCUT2D eigenvalue weighted by molar-refractivity contribution is 5.89. The van der Waals surface area contributed by atoms with E-state index in [-0.39, 0.29) is 37.5 Å². The maximum Gasteiger partial charge on any atom is 0.414 e. The Morgan fingerprint density at radius 1 is 1.19 bits per heavy atom. The maximum atomic E-state index is 14.6. The van der Waals surface area contributed by atoms with Gasteiger partial charge in [0.05, 0.1) is 32.0 Å². The number of hydrogen-bond donors (Lipinski definition) is 1. The van der Waals surface area contributed by atoms with Gasteiger partial charge < -0.3 is 24.2 Å². The molecule has 0 bridgehead atoms. The number of anilines is 1. The second kappa shape index (κ2) is 9.97. The summed E-state index contributed by atoms with van der Waals surface area (Å²) in [5.74, 6) is -0.688. The summed E-state index contributed by atoms with van der Waals surface area (Å²) in [5.41, 5.74) is 1.32. The molecule has 8 nitrogen and oxygen atoms in total. The van der Waals surface area contributed by atoms with Crippen LogP contribution in [-0.4, -0.2) is 67.1 Å². The highest BCUT2D eigenvalue weighted by Gasteiger charge is 2.33. The molecule has 0 spiro atoms. The molecule has 0 saturated carbocycles. The van der Waals surface area contributed by atoms with Crippen LogP contribution in [0.3, 0.4) is 0 Å². The van der Waals surface area contributed by atoms with Crippen LogP contribution in [0.1, 0.15) is 12.0 Å². The second-order valence-corrected chi connectivity index (χ2v) is 7.76. The smallest absolute Gasteiger partial charge is 0.414 e. The van der Waals surface area contributed by atoms with Gasteiger partial charge in [-0.1, -0.05) is 30.3 Å². The Morgan fingerprint density at radius 3 is 2.72 bits per heavy atom. The molecule has 0 radical (unpaired) electrons. The molecule has 170 valence electrons. The fourth-order valence-electron chi connectivity index (χ4n) is 3.73. The quantitative estimate of drug-likeness (QED) is 0.673. The molecule has 2 aliphatic heterocycles. The van der Waals surface area contributed by atoms with E-state index < -0.39 is 18.0 Å². The normalized spacial score (nSPS) is 20.5. The summed E-state index contributed by atoms with van der Waals surface area (Å²) in [4.78, 5) is 27.2. The number of aliphatic hydroxyl groups excluding tert-OH is 1. The van der Waals surface area contributed by atoms with Gasteiger partial charge in [-0.2, -0.15) is 0 Å². The Labute approximate surface area is 185 Å². The van der Waals surface area contributed by atoms with E-state index in [9.17, 15) is 14.0 Å². The number of hydrogen-bond acceptors (Lipinski definition) is 6. The van der Waals surface area contributed by atoms with Gasteiger partial charge in [0, 0.05) is 19.0 Å². The Hall–Kier alpha value is -3.17. The summed E-state index contributed by atoms with van der Waals surface area (Å²) in [6, 6.07) is 13.8. The summed E-state index contributed by atoms with van der Waals surface area (Å²) < 4.78 is 30.8. The fraction of sp³-hybridized carbons (Fsp3) is 0.391. The lowest BCUT2D eigenvalue weighted by molar-refractivity contribution is -0.135. The molecule has 2 aromatic rings. The third-order valence-corrected chi connectivity index (χ3v) is 5.43. The van der Waals surface area contributed by atoms with E-state index >= 15 is 0 Å². The van der Waals surface area contributed by atoms with E-state index in [1.807, 2.05) is 30.3 Å². The summed E-state index contributed by atoms with van der Waals surface area (Å²) in [6.45, 7) is 1.07. The van der Waals surface area contributed by atoms with Crippen LogP contribution >= 0.6 is 0 Å². The number of likely N-dealkylation sites (tertiary alicyclic amines) is 1. The van der Waals surface area contributed by atoms with Gasteiger partial charge in [-0.05, 0) is 17.7 Å². The first-order valence-corrected chi connectivity index (χ1v) is 10.5. The van der Waals surface area contributed by atoms with E-state index in [0.29, 0.717) is 31.8 Å².